The van der Waals surface area contributed by atoms with Gasteiger partial charge in [0.05, 0.1) is 101 Å². The Morgan fingerprint density at radius 2 is 0.559 bits per heavy atom. The average molecular weight is 1320 g/mol. The highest BCUT2D eigenvalue weighted by Gasteiger charge is 2.60. The summed E-state index contributed by atoms with van der Waals surface area (Å²) >= 11 is 0. The fraction of sp³-hybridized carbons (Fsp3) is 0.706. The largest absolute Gasteiger partial charge is 0.454 e. The standard InChI is InChI=1S/C68H106O25/c1-21-29-75-37-41-45(69)49(79-33-25-5)54(91-62(72)66(12,13)14)58(84-41)88-47-43(39-77-31-23-3)86-60(56(51(47)81-35-27-7)93-64(74)68(18,19)20)89-48-44(40-78-32-24-4)85-59(55(52(48)82-36-28-8)92-63(73)67(15,16)17)87-46-42(38-76-30-22-2)83-57(70)53(50(46)80-34-26-6)90-61(71)65(9,10)11/h21-28,41-60,69-70H,1-8,29-40H2,9-20H3/t41-,42-,43-,44-,45+,46+,47+,48+,49+,50+,51+,52+,53-,54-,55-,56-,57-,58+,59+,60+/m1/s1. The minimum absolute atomic E-state index is 0.0127. The first-order valence-corrected chi connectivity index (χ1v) is 31.3. The second-order valence-corrected chi connectivity index (χ2v) is 26.6. The predicted molar refractivity (Wildman–Crippen MR) is 339 cm³/mol. The van der Waals surface area contributed by atoms with Gasteiger partial charge in [-0.15, -0.1) is 52.6 Å². The minimum atomic E-state index is -1.78. The quantitative estimate of drug-likeness (QED) is 0.0296. The van der Waals surface area contributed by atoms with Crippen LogP contribution in [0.1, 0.15) is 83.1 Å². The van der Waals surface area contributed by atoms with E-state index in [1.165, 1.54) is 48.6 Å². The number of carbonyl (C=O) groups excluding carboxylic acids is 4. The highest BCUT2D eigenvalue weighted by atomic mass is 16.8. The molecule has 0 bridgehead atoms. The summed E-state index contributed by atoms with van der Waals surface area (Å²) in [5.41, 5.74) is -4.52. The van der Waals surface area contributed by atoms with Crippen LogP contribution in [0.4, 0.5) is 0 Å². The molecular formula is C68H106O25. The highest BCUT2D eigenvalue weighted by Crippen LogP contribution is 2.41. The summed E-state index contributed by atoms with van der Waals surface area (Å²) in [5, 5.41) is 23.6. The van der Waals surface area contributed by atoms with Crippen molar-refractivity contribution in [3.8, 4) is 0 Å². The van der Waals surface area contributed by atoms with Crippen molar-refractivity contribution < 1.29 is 119 Å². The first kappa shape index (κ1) is 80.6. The Balaban J connectivity index is 2.06. The van der Waals surface area contributed by atoms with Gasteiger partial charge in [0.2, 0.25) is 0 Å². The van der Waals surface area contributed by atoms with E-state index in [2.05, 4.69) is 52.6 Å². The van der Waals surface area contributed by atoms with E-state index in [4.69, 9.17) is 90.0 Å². The van der Waals surface area contributed by atoms with Crippen molar-refractivity contribution in [3.63, 3.8) is 0 Å². The topological polar surface area (TPSA) is 284 Å². The number of hydrogen-bond donors (Lipinski definition) is 2. The maximum Gasteiger partial charge on any atom is 0.311 e. The molecule has 4 fully saturated rings. The van der Waals surface area contributed by atoms with Crippen molar-refractivity contribution in [1.82, 2.24) is 0 Å². The van der Waals surface area contributed by atoms with Crippen LogP contribution in [0.25, 0.3) is 0 Å². The molecule has 0 aliphatic carbocycles. The summed E-state index contributed by atoms with van der Waals surface area (Å²) in [5.74, 6) is -2.93. The van der Waals surface area contributed by atoms with E-state index in [1.807, 2.05) is 0 Å². The van der Waals surface area contributed by atoms with Crippen molar-refractivity contribution in [3.05, 3.63) is 101 Å². The lowest BCUT2D eigenvalue weighted by Crippen LogP contribution is -2.69. The summed E-state index contributed by atoms with van der Waals surface area (Å²) in [4.78, 5) is 56.8. The van der Waals surface area contributed by atoms with Crippen LogP contribution in [0.3, 0.4) is 0 Å². The van der Waals surface area contributed by atoms with Crippen LogP contribution in [0, 0.1) is 21.7 Å². The zero-order valence-electron chi connectivity index (χ0n) is 56.6. The molecule has 4 heterocycles. The molecule has 2 N–H and O–H groups in total. The highest BCUT2D eigenvalue weighted by molar-refractivity contribution is 5.77. The Morgan fingerprint density at radius 1 is 0.323 bits per heavy atom. The molecule has 0 aromatic carbocycles. The van der Waals surface area contributed by atoms with Gasteiger partial charge in [0.1, 0.15) is 73.2 Å². The molecule has 93 heavy (non-hydrogen) atoms. The number of carbonyl (C=O) groups is 4. The van der Waals surface area contributed by atoms with Crippen LogP contribution in [0.5, 0.6) is 0 Å². The maximum atomic E-state index is 14.6. The van der Waals surface area contributed by atoms with Gasteiger partial charge in [-0.1, -0.05) is 48.6 Å². The molecule has 25 nitrogen and oxygen atoms in total. The minimum Gasteiger partial charge on any atom is -0.454 e. The summed E-state index contributed by atoms with van der Waals surface area (Å²) < 4.78 is 123. The Labute approximate surface area is 549 Å². The van der Waals surface area contributed by atoms with Gasteiger partial charge in [-0.25, -0.2) is 0 Å². The molecule has 4 aliphatic heterocycles. The van der Waals surface area contributed by atoms with E-state index in [9.17, 15) is 29.4 Å². The fourth-order valence-corrected chi connectivity index (χ4v) is 9.62. The monoisotopic (exact) mass is 1320 g/mol. The SMILES string of the molecule is C=CCOC[C@H]1O[C@@H](O[C@@H]2[C@H](OCC=C)[C@@H](OC(=O)C(C)(C)C)[C@H](O[C@@H]3[C@H](OCC=C)[C@@H](OC(=O)C(C)(C)C)[C@H](O[C@@H]4[C@H](OCC=C)[C@@H](OC(=O)C(C)(C)C)[C@H](O)O[C@@H]4COCC=C)O[C@@H]3COCC=C)O[C@@H]2COCC=C)[C@H](OC(=O)C(C)(C)C)[C@@H](OCC=C)[C@H]1O. The van der Waals surface area contributed by atoms with Crippen LogP contribution in [0.2, 0.25) is 0 Å². The Hall–Kier alpha value is -4.88. The van der Waals surface area contributed by atoms with Crippen LogP contribution < -0.4 is 0 Å². The third kappa shape index (κ3) is 23.7. The smallest absolute Gasteiger partial charge is 0.311 e. The lowest BCUT2D eigenvalue weighted by Gasteiger charge is -2.52. The third-order valence-electron chi connectivity index (χ3n) is 14.4. The predicted octanol–water partition coefficient (Wildman–Crippen LogP) is 6.32. The number of aliphatic hydroxyl groups is 2. The molecule has 0 unspecified atom stereocenters. The summed E-state index contributed by atoms with van der Waals surface area (Å²) in [6.07, 6.45) is -17.6. The Kier molecular flexibility index (Phi) is 33.1. The van der Waals surface area contributed by atoms with Crippen molar-refractivity contribution in [2.45, 2.75) is 206 Å². The summed E-state index contributed by atoms with van der Waals surface area (Å²) in [7, 11) is 0. The molecule has 0 aromatic rings. The van der Waals surface area contributed by atoms with E-state index in [0.717, 1.165) is 0 Å². The summed E-state index contributed by atoms with van der Waals surface area (Å²) in [6, 6.07) is 0. The van der Waals surface area contributed by atoms with Crippen molar-refractivity contribution in [1.29, 1.82) is 0 Å². The second kappa shape index (κ2) is 38.2. The molecule has 0 saturated carbocycles. The number of esters is 4. The van der Waals surface area contributed by atoms with Gasteiger partial charge in [-0.05, 0) is 83.1 Å². The van der Waals surface area contributed by atoms with Gasteiger partial charge in [0.15, 0.2) is 49.6 Å². The molecule has 4 saturated heterocycles. The molecule has 20 atom stereocenters. The Morgan fingerprint density at radius 3 is 0.849 bits per heavy atom. The maximum absolute atomic E-state index is 14.6. The van der Waals surface area contributed by atoms with E-state index < -0.39 is 168 Å². The lowest BCUT2D eigenvalue weighted by atomic mass is 9.93. The summed E-state index contributed by atoms with van der Waals surface area (Å²) in [6.45, 7) is 48.5. The molecule has 25 heteroatoms. The van der Waals surface area contributed by atoms with Crippen LogP contribution in [0.15, 0.2) is 101 Å². The molecule has 0 amide bonds. The van der Waals surface area contributed by atoms with Crippen LogP contribution >= 0.6 is 0 Å². The fourth-order valence-electron chi connectivity index (χ4n) is 9.62. The zero-order chi connectivity index (χ0) is 69.4. The van der Waals surface area contributed by atoms with Gasteiger partial charge in [0.25, 0.3) is 0 Å². The van der Waals surface area contributed by atoms with Gasteiger partial charge in [0, 0.05) is 0 Å². The normalized spacial score (nSPS) is 31.8. The van der Waals surface area contributed by atoms with Gasteiger partial charge >= 0.3 is 23.9 Å². The van der Waals surface area contributed by atoms with Crippen molar-refractivity contribution in [2.24, 2.45) is 21.7 Å². The van der Waals surface area contributed by atoms with E-state index in [0.29, 0.717) is 0 Å². The molecule has 0 radical (unpaired) electrons. The van der Waals surface area contributed by atoms with Gasteiger partial charge in [-0.3, -0.25) is 19.2 Å². The van der Waals surface area contributed by atoms with E-state index in [1.54, 1.807) is 83.1 Å². The lowest BCUT2D eigenvalue weighted by molar-refractivity contribution is -0.393. The van der Waals surface area contributed by atoms with Crippen LogP contribution in [-0.4, -0.2) is 236 Å². The first-order valence-electron chi connectivity index (χ1n) is 31.3. The molecule has 4 aliphatic rings. The molecule has 528 valence electrons. The average Bonchev–Trinajstić information content (AvgIpc) is 0.822. The third-order valence-corrected chi connectivity index (χ3v) is 14.4. The zero-order valence-corrected chi connectivity index (χ0v) is 56.6. The Bertz CT molecular complexity index is 2400. The molecule has 0 spiro atoms. The number of hydrogen-bond acceptors (Lipinski definition) is 25. The van der Waals surface area contributed by atoms with E-state index in [-0.39, 0.29) is 79.3 Å². The van der Waals surface area contributed by atoms with Crippen LogP contribution in [-0.2, 0) is 109 Å². The van der Waals surface area contributed by atoms with Gasteiger partial charge in [-0.2, -0.15) is 0 Å². The number of ether oxygens (including phenoxy) is 19. The van der Waals surface area contributed by atoms with Crippen molar-refractivity contribution in [2.75, 3.05) is 79.3 Å². The molecule has 4 rings (SSSR count). The van der Waals surface area contributed by atoms with Gasteiger partial charge < -0.3 is 100 Å². The van der Waals surface area contributed by atoms with Crippen molar-refractivity contribution >= 4 is 23.9 Å². The number of rotatable bonds is 38. The first-order chi connectivity index (χ1) is 43.9. The number of aliphatic hydroxyl groups excluding tert-OH is 2. The molecular weight excluding hydrogens is 1220 g/mol. The van der Waals surface area contributed by atoms with E-state index >= 15 is 0 Å². The molecule has 0 aromatic heterocycles. The second-order valence-electron chi connectivity index (χ2n) is 26.6.